The number of carbonyl (C=O) groups is 2. The van der Waals surface area contributed by atoms with Gasteiger partial charge in [-0.2, -0.15) is 13.2 Å². The average molecular weight is 501 g/mol. The van der Waals surface area contributed by atoms with Crippen LogP contribution >= 0.6 is 0 Å². The monoisotopic (exact) mass is 500 g/mol. The second-order valence-corrected chi connectivity index (χ2v) is 11.0. The van der Waals surface area contributed by atoms with E-state index < -0.39 is 22.9 Å². The molecular formula is C26H39F3N2O4. The number of hydrogen-bond acceptors (Lipinski definition) is 5. The molecule has 0 atom stereocenters. The molecule has 35 heavy (non-hydrogen) atoms. The average Bonchev–Trinajstić information content (AvgIpc) is 2.69. The van der Waals surface area contributed by atoms with Crippen LogP contribution in [0.4, 0.5) is 18.0 Å². The van der Waals surface area contributed by atoms with Crippen molar-refractivity contribution in [3.05, 3.63) is 34.9 Å². The van der Waals surface area contributed by atoms with Gasteiger partial charge in [0.25, 0.3) is 0 Å². The third-order valence-electron chi connectivity index (χ3n) is 5.45. The van der Waals surface area contributed by atoms with Crippen molar-refractivity contribution >= 4 is 12.1 Å². The second kappa shape index (κ2) is 11.6. The maximum atomic E-state index is 13.3. The van der Waals surface area contributed by atoms with E-state index in [1.807, 2.05) is 20.8 Å². The van der Waals surface area contributed by atoms with Crippen LogP contribution in [0, 0.1) is 0 Å². The van der Waals surface area contributed by atoms with Crippen molar-refractivity contribution in [3.63, 3.8) is 0 Å². The molecular weight excluding hydrogens is 461 g/mol. The Balaban J connectivity index is 1.98. The molecule has 1 saturated heterocycles. The number of esters is 1. The minimum Gasteiger partial charge on any atom is -0.460 e. The lowest BCUT2D eigenvalue weighted by Crippen LogP contribution is -2.49. The topological polar surface area (TPSA) is 59.1 Å². The first-order valence-electron chi connectivity index (χ1n) is 12.1. The number of carbonyl (C=O) groups excluding carboxylic acids is 2. The lowest BCUT2D eigenvalue weighted by Gasteiger charge is -2.36. The summed E-state index contributed by atoms with van der Waals surface area (Å²) >= 11 is 0. The zero-order chi connectivity index (χ0) is 26.4. The fourth-order valence-corrected chi connectivity index (χ4v) is 3.82. The molecule has 1 fully saturated rings. The predicted molar refractivity (Wildman–Crippen MR) is 128 cm³/mol. The Morgan fingerprint density at radius 2 is 1.46 bits per heavy atom. The number of unbranched alkanes of at least 4 members (excludes halogenated alkanes) is 1. The summed E-state index contributed by atoms with van der Waals surface area (Å²) in [6.07, 6.45) is -2.96. The fourth-order valence-electron chi connectivity index (χ4n) is 3.82. The molecule has 1 aromatic rings. The van der Waals surface area contributed by atoms with Crippen LogP contribution < -0.4 is 0 Å². The van der Waals surface area contributed by atoms with Crippen LogP contribution in [0.5, 0.6) is 0 Å². The molecule has 1 aromatic carbocycles. The Morgan fingerprint density at radius 3 is 2.00 bits per heavy atom. The molecule has 0 radical (unpaired) electrons. The van der Waals surface area contributed by atoms with Gasteiger partial charge in [-0.1, -0.05) is 6.07 Å². The molecule has 0 aromatic heterocycles. The van der Waals surface area contributed by atoms with Gasteiger partial charge < -0.3 is 14.4 Å². The largest absolute Gasteiger partial charge is 0.460 e. The van der Waals surface area contributed by atoms with Crippen molar-refractivity contribution in [2.75, 3.05) is 26.2 Å². The van der Waals surface area contributed by atoms with E-state index in [2.05, 4.69) is 4.90 Å². The van der Waals surface area contributed by atoms with E-state index in [9.17, 15) is 22.8 Å². The number of amides is 1. The highest BCUT2D eigenvalue weighted by atomic mass is 19.4. The van der Waals surface area contributed by atoms with Gasteiger partial charge in [-0.15, -0.1) is 0 Å². The number of nitrogens with zero attached hydrogens (tertiary/aromatic N) is 2. The molecule has 0 aliphatic carbocycles. The zero-order valence-electron chi connectivity index (χ0n) is 21.8. The first-order valence-corrected chi connectivity index (χ1v) is 12.1. The van der Waals surface area contributed by atoms with Crippen molar-refractivity contribution < 1.29 is 32.2 Å². The summed E-state index contributed by atoms with van der Waals surface area (Å²) < 4.78 is 50.7. The third-order valence-corrected chi connectivity index (χ3v) is 5.45. The molecule has 0 unspecified atom stereocenters. The molecule has 1 aliphatic heterocycles. The molecule has 0 N–H and O–H groups in total. The number of rotatable bonds is 7. The number of piperazine rings is 1. The highest BCUT2D eigenvalue weighted by Crippen LogP contribution is 2.31. The number of halogens is 3. The minimum atomic E-state index is -4.41. The molecule has 1 aliphatic rings. The number of aryl methyl sites for hydroxylation is 1. The second-order valence-electron chi connectivity index (χ2n) is 11.0. The maximum Gasteiger partial charge on any atom is 0.416 e. The standard InChI is InChI=1S/C26H39F3N2O4/c1-24(2,3)34-22(32)10-8-7-9-19-17-21(26(27,28)29)12-11-20(19)18-30-13-15-31(16-14-30)23(33)35-25(4,5)6/h11-12,17H,7-10,13-16,18H2,1-6H3. The SMILES string of the molecule is CC(C)(C)OC(=O)CCCCc1cc(C(F)(F)F)ccc1CN1CCN(C(=O)OC(C)(C)C)CC1. The number of benzene rings is 1. The third kappa shape index (κ3) is 10.5. The summed E-state index contributed by atoms with van der Waals surface area (Å²) in [4.78, 5) is 28.0. The summed E-state index contributed by atoms with van der Waals surface area (Å²) in [5, 5.41) is 0. The van der Waals surface area contributed by atoms with E-state index in [4.69, 9.17) is 9.47 Å². The van der Waals surface area contributed by atoms with Gasteiger partial charge in [0, 0.05) is 39.1 Å². The Bertz CT molecular complexity index is 865. The molecule has 0 saturated carbocycles. The normalized spacial score (nSPS) is 15.7. The van der Waals surface area contributed by atoms with Crippen LogP contribution in [-0.2, 0) is 33.4 Å². The summed E-state index contributed by atoms with van der Waals surface area (Å²) in [6, 6.07) is 3.89. The quantitative estimate of drug-likeness (QED) is 0.349. The van der Waals surface area contributed by atoms with Crippen LogP contribution in [0.25, 0.3) is 0 Å². The zero-order valence-corrected chi connectivity index (χ0v) is 21.8. The highest BCUT2D eigenvalue weighted by molar-refractivity contribution is 5.69. The fraction of sp³-hybridized carbons (Fsp3) is 0.692. The van der Waals surface area contributed by atoms with Gasteiger partial charge in [-0.05, 0) is 84.1 Å². The van der Waals surface area contributed by atoms with E-state index in [0.29, 0.717) is 57.5 Å². The summed E-state index contributed by atoms with van der Waals surface area (Å²) in [5.41, 5.74) is -0.316. The summed E-state index contributed by atoms with van der Waals surface area (Å²) in [5.74, 6) is -0.301. The van der Waals surface area contributed by atoms with Crippen LogP contribution in [-0.4, -0.2) is 59.2 Å². The molecule has 2 rings (SSSR count). The van der Waals surface area contributed by atoms with Gasteiger partial charge in [0.1, 0.15) is 11.2 Å². The number of ether oxygens (including phenoxy) is 2. The minimum absolute atomic E-state index is 0.234. The van der Waals surface area contributed by atoms with Crippen LogP contribution in [0.15, 0.2) is 18.2 Å². The van der Waals surface area contributed by atoms with E-state index in [1.165, 1.54) is 6.07 Å². The van der Waals surface area contributed by atoms with Gasteiger partial charge in [0.2, 0.25) is 0 Å². The van der Waals surface area contributed by atoms with Crippen molar-refractivity contribution in [1.82, 2.24) is 9.80 Å². The lowest BCUT2D eigenvalue weighted by atomic mass is 9.97. The molecule has 6 nitrogen and oxygen atoms in total. The Labute approximate surface area is 206 Å². The van der Waals surface area contributed by atoms with E-state index >= 15 is 0 Å². The van der Waals surface area contributed by atoms with Gasteiger partial charge in [0.05, 0.1) is 5.56 Å². The van der Waals surface area contributed by atoms with Crippen molar-refractivity contribution in [3.8, 4) is 0 Å². The molecule has 1 amide bonds. The molecule has 0 bridgehead atoms. The van der Waals surface area contributed by atoms with Gasteiger partial charge in [-0.25, -0.2) is 4.79 Å². The first kappa shape index (κ1) is 28.9. The van der Waals surface area contributed by atoms with E-state index in [1.54, 1.807) is 31.7 Å². The number of alkyl halides is 3. The smallest absolute Gasteiger partial charge is 0.416 e. The Morgan fingerprint density at radius 1 is 0.857 bits per heavy atom. The molecule has 198 valence electrons. The van der Waals surface area contributed by atoms with Gasteiger partial charge in [0.15, 0.2) is 0 Å². The van der Waals surface area contributed by atoms with Gasteiger partial charge in [-0.3, -0.25) is 9.69 Å². The lowest BCUT2D eigenvalue weighted by molar-refractivity contribution is -0.154. The summed E-state index contributed by atoms with van der Waals surface area (Å²) in [6.45, 7) is 13.6. The Hall–Kier alpha value is -2.29. The molecule has 1 heterocycles. The van der Waals surface area contributed by atoms with Gasteiger partial charge >= 0.3 is 18.2 Å². The Kier molecular flexibility index (Phi) is 9.62. The van der Waals surface area contributed by atoms with Crippen molar-refractivity contribution in [2.45, 2.75) is 91.1 Å². The van der Waals surface area contributed by atoms with Crippen molar-refractivity contribution in [1.29, 1.82) is 0 Å². The van der Waals surface area contributed by atoms with Crippen LogP contribution in [0.3, 0.4) is 0 Å². The van der Waals surface area contributed by atoms with E-state index in [0.717, 1.165) is 11.6 Å². The van der Waals surface area contributed by atoms with Crippen LogP contribution in [0.2, 0.25) is 0 Å². The highest BCUT2D eigenvalue weighted by Gasteiger charge is 2.31. The number of hydrogen-bond donors (Lipinski definition) is 0. The van der Waals surface area contributed by atoms with Crippen molar-refractivity contribution in [2.24, 2.45) is 0 Å². The molecule has 0 spiro atoms. The first-order chi connectivity index (χ1) is 16.0. The van der Waals surface area contributed by atoms with Crippen LogP contribution in [0.1, 0.15) is 77.5 Å². The molecule has 9 heteroatoms. The predicted octanol–water partition coefficient (Wildman–Crippen LogP) is 5.81. The summed E-state index contributed by atoms with van der Waals surface area (Å²) in [7, 11) is 0. The maximum absolute atomic E-state index is 13.3. The van der Waals surface area contributed by atoms with E-state index in [-0.39, 0.29) is 18.5 Å².